The summed E-state index contributed by atoms with van der Waals surface area (Å²) in [6.45, 7) is 3.59. The zero-order valence-corrected chi connectivity index (χ0v) is 11.6. The van der Waals surface area contributed by atoms with Crippen LogP contribution in [0.1, 0.15) is 30.4 Å². The summed E-state index contributed by atoms with van der Waals surface area (Å²) in [6.07, 6.45) is 6.43. The number of benzene rings is 1. The maximum absolute atomic E-state index is 5.88. The van der Waals surface area contributed by atoms with Gasteiger partial charge in [-0.25, -0.2) is 9.67 Å². The summed E-state index contributed by atoms with van der Waals surface area (Å²) in [7, 11) is 0. The molecule has 0 saturated carbocycles. The Morgan fingerprint density at radius 1 is 1.40 bits per heavy atom. The van der Waals surface area contributed by atoms with Crippen molar-refractivity contribution in [2.75, 3.05) is 6.54 Å². The normalized spacial score (nSPS) is 12.9. The smallest absolute Gasteiger partial charge is 0.137 e. The number of nitrogens with one attached hydrogen (secondary N) is 1. The lowest BCUT2D eigenvalue weighted by Gasteiger charge is -2.11. The standard InChI is InChI=1S/C15H19N5/c1-2-12(6-16)14-7-18-15-4-3-11(5-13(14)15)8-20-10-17-9-19-20/h3-5,7,9-10,12,18H,2,6,8,16H2,1H3. The van der Waals surface area contributed by atoms with Crippen LogP contribution < -0.4 is 5.73 Å². The second kappa shape index (κ2) is 5.46. The van der Waals surface area contributed by atoms with E-state index in [0.717, 1.165) is 18.5 Å². The topological polar surface area (TPSA) is 72.5 Å². The van der Waals surface area contributed by atoms with E-state index in [0.29, 0.717) is 12.5 Å². The molecule has 2 heterocycles. The average Bonchev–Trinajstić information content (AvgIpc) is 3.11. The van der Waals surface area contributed by atoms with E-state index in [1.807, 2.05) is 4.68 Å². The van der Waals surface area contributed by atoms with Gasteiger partial charge < -0.3 is 10.7 Å². The number of nitrogens with two attached hydrogens (primary N) is 1. The first-order valence-corrected chi connectivity index (χ1v) is 6.94. The summed E-state index contributed by atoms with van der Waals surface area (Å²) in [5, 5.41) is 5.41. The molecular formula is C15H19N5. The molecule has 1 unspecified atom stereocenters. The number of aromatic amines is 1. The monoisotopic (exact) mass is 269 g/mol. The van der Waals surface area contributed by atoms with E-state index in [9.17, 15) is 0 Å². The lowest BCUT2D eigenvalue weighted by molar-refractivity contribution is 0.677. The first-order valence-electron chi connectivity index (χ1n) is 6.94. The van der Waals surface area contributed by atoms with Gasteiger partial charge in [0, 0.05) is 17.1 Å². The summed E-state index contributed by atoms with van der Waals surface area (Å²) in [5.41, 5.74) is 9.57. The van der Waals surface area contributed by atoms with Crippen molar-refractivity contribution in [2.45, 2.75) is 25.8 Å². The first kappa shape index (κ1) is 12.9. The van der Waals surface area contributed by atoms with Crippen LogP contribution in [0.15, 0.2) is 37.1 Å². The number of nitrogens with zero attached hydrogens (tertiary/aromatic N) is 3. The van der Waals surface area contributed by atoms with Crippen molar-refractivity contribution in [2.24, 2.45) is 5.73 Å². The minimum Gasteiger partial charge on any atom is -0.361 e. The number of hydrogen-bond acceptors (Lipinski definition) is 3. The van der Waals surface area contributed by atoms with Crippen LogP contribution in [-0.4, -0.2) is 26.3 Å². The summed E-state index contributed by atoms with van der Waals surface area (Å²) in [5.74, 6) is 0.408. The molecule has 0 saturated heterocycles. The molecule has 0 bridgehead atoms. The molecule has 0 aliphatic carbocycles. The Kier molecular flexibility index (Phi) is 3.52. The van der Waals surface area contributed by atoms with Gasteiger partial charge in [-0.1, -0.05) is 13.0 Å². The molecule has 1 atom stereocenters. The first-order chi connectivity index (χ1) is 9.81. The van der Waals surface area contributed by atoms with E-state index in [4.69, 9.17) is 5.73 Å². The molecule has 3 N–H and O–H groups in total. The molecule has 0 radical (unpaired) electrons. The predicted octanol–water partition coefficient (Wildman–Crippen LogP) is 2.26. The van der Waals surface area contributed by atoms with Crippen molar-refractivity contribution in [1.82, 2.24) is 19.7 Å². The zero-order chi connectivity index (χ0) is 13.9. The molecule has 3 rings (SSSR count). The van der Waals surface area contributed by atoms with Gasteiger partial charge in [0.1, 0.15) is 12.7 Å². The SMILES string of the molecule is CCC(CN)c1c[nH]c2ccc(Cn3cncn3)cc12. The molecule has 5 nitrogen and oxygen atoms in total. The maximum Gasteiger partial charge on any atom is 0.137 e. The largest absolute Gasteiger partial charge is 0.361 e. The average molecular weight is 269 g/mol. The van der Waals surface area contributed by atoms with Crippen molar-refractivity contribution in [1.29, 1.82) is 0 Å². The van der Waals surface area contributed by atoms with Crippen LogP contribution >= 0.6 is 0 Å². The second-order valence-corrected chi connectivity index (χ2v) is 5.06. The molecule has 1 aromatic carbocycles. The summed E-state index contributed by atoms with van der Waals surface area (Å²) < 4.78 is 1.83. The molecule has 20 heavy (non-hydrogen) atoms. The summed E-state index contributed by atoms with van der Waals surface area (Å²) in [4.78, 5) is 7.31. The Morgan fingerprint density at radius 2 is 2.30 bits per heavy atom. The maximum atomic E-state index is 5.88. The van der Waals surface area contributed by atoms with E-state index in [2.05, 4.69) is 46.4 Å². The Labute approximate surface area is 117 Å². The van der Waals surface area contributed by atoms with Gasteiger partial charge in [-0.05, 0) is 42.1 Å². The van der Waals surface area contributed by atoms with Gasteiger partial charge in [0.2, 0.25) is 0 Å². The van der Waals surface area contributed by atoms with Crippen molar-refractivity contribution in [3.63, 3.8) is 0 Å². The lowest BCUT2D eigenvalue weighted by Crippen LogP contribution is -2.11. The van der Waals surface area contributed by atoms with Gasteiger partial charge in [0.15, 0.2) is 0 Å². The van der Waals surface area contributed by atoms with Crippen LogP contribution in [0.4, 0.5) is 0 Å². The highest BCUT2D eigenvalue weighted by Crippen LogP contribution is 2.28. The molecule has 104 valence electrons. The van der Waals surface area contributed by atoms with Gasteiger partial charge in [-0.2, -0.15) is 5.10 Å². The van der Waals surface area contributed by atoms with E-state index in [1.54, 1.807) is 12.7 Å². The molecular weight excluding hydrogens is 250 g/mol. The molecule has 0 fully saturated rings. The number of hydrogen-bond donors (Lipinski definition) is 2. The van der Waals surface area contributed by atoms with Crippen molar-refractivity contribution in [3.8, 4) is 0 Å². The van der Waals surface area contributed by atoms with Crippen LogP contribution in [0.5, 0.6) is 0 Å². The highest BCUT2D eigenvalue weighted by molar-refractivity contribution is 5.84. The van der Waals surface area contributed by atoms with Crippen molar-refractivity contribution >= 4 is 10.9 Å². The lowest BCUT2D eigenvalue weighted by atomic mass is 9.95. The number of H-pyrrole nitrogens is 1. The predicted molar refractivity (Wildman–Crippen MR) is 79.5 cm³/mol. The molecule has 5 heteroatoms. The molecule has 0 aliphatic heterocycles. The van der Waals surface area contributed by atoms with E-state index >= 15 is 0 Å². The Hall–Kier alpha value is -2.14. The van der Waals surface area contributed by atoms with Crippen LogP contribution in [0.3, 0.4) is 0 Å². The Morgan fingerprint density at radius 3 is 3.00 bits per heavy atom. The third-order valence-corrected chi connectivity index (χ3v) is 3.81. The summed E-state index contributed by atoms with van der Waals surface area (Å²) in [6, 6.07) is 6.46. The van der Waals surface area contributed by atoms with E-state index in [-0.39, 0.29) is 0 Å². The molecule has 3 aromatic rings. The van der Waals surface area contributed by atoms with Gasteiger partial charge in [0.05, 0.1) is 6.54 Å². The van der Waals surface area contributed by atoms with Crippen LogP contribution in [-0.2, 0) is 6.54 Å². The minimum absolute atomic E-state index is 0.408. The van der Waals surface area contributed by atoms with Gasteiger partial charge >= 0.3 is 0 Å². The quantitative estimate of drug-likeness (QED) is 0.746. The van der Waals surface area contributed by atoms with Crippen molar-refractivity contribution < 1.29 is 0 Å². The minimum atomic E-state index is 0.408. The molecule has 0 aliphatic rings. The van der Waals surface area contributed by atoms with E-state index < -0.39 is 0 Å². The van der Waals surface area contributed by atoms with Gasteiger partial charge in [-0.3, -0.25) is 0 Å². The third kappa shape index (κ3) is 2.32. The fourth-order valence-electron chi connectivity index (χ4n) is 2.64. The number of rotatable bonds is 5. The fourth-order valence-corrected chi connectivity index (χ4v) is 2.64. The van der Waals surface area contributed by atoms with Gasteiger partial charge in [-0.15, -0.1) is 0 Å². The molecule has 2 aromatic heterocycles. The van der Waals surface area contributed by atoms with Gasteiger partial charge in [0.25, 0.3) is 0 Å². The number of fused-ring (bicyclic) bond motifs is 1. The highest BCUT2D eigenvalue weighted by Gasteiger charge is 2.13. The fraction of sp³-hybridized carbons (Fsp3) is 0.333. The highest BCUT2D eigenvalue weighted by atomic mass is 15.3. The zero-order valence-electron chi connectivity index (χ0n) is 11.6. The molecule has 0 spiro atoms. The third-order valence-electron chi connectivity index (χ3n) is 3.81. The van der Waals surface area contributed by atoms with E-state index in [1.165, 1.54) is 16.5 Å². The van der Waals surface area contributed by atoms with Crippen LogP contribution in [0, 0.1) is 0 Å². The number of aromatic nitrogens is 4. The second-order valence-electron chi connectivity index (χ2n) is 5.06. The molecule has 0 amide bonds. The summed E-state index contributed by atoms with van der Waals surface area (Å²) >= 11 is 0. The Bertz CT molecular complexity index is 679. The van der Waals surface area contributed by atoms with Crippen LogP contribution in [0.2, 0.25) is 0 Å². The van der Waals surface area contributed by atoms with Crippen LogP contribution in [0.25, 0.3) is 10.9 Å². The van der Waals surface area contributed by atoms with Crippen molar-refractivity contribution in [3.05, 3.63) is 48.2 Å². The Balaban J connectivity index is 1.98.